The maximum absolute atomic E-state index is 12.5. The molecule has 0 bridgehead atoms. The van der Waals surface area contributed by atoms with Crippen molar-refractivity contribution < 1.29 is 13.2 Å². The van der Waals surface area contributed by atoms with Crippen molar-refractivity contribution in [2.45, 2.75) is 17.5 Å². The first-order chi connectivity index (χ1) is 12.4. The third-order valence-electron chi connectivity index (χ3n) is 3.86. The van der Waals surface area contributed by atoms with Crippen LogP contribution in [0, 0.1) is 0 Å². The Morgan fingerprint density at radius 2 is 1.58 bits per heavy atom. The molecule has 2 aromatic carbocycles. The molecule has 0 radical (unpaired) electrons. The lowest BCUT2D eigenvalue weighted by molar-refractivity contribution is -0.116. The van der Waals surface area contributed by atoms with Crippen LogP contribution in [-0.2, 0) is 14.6 Å². The minimum Gasteiger partial charge on any atom is -0.293 e. The first kappa shape index (κ1) is 17.8. The second kappa shape index (κ2) is 7.49. The van der Waals surface area contributed by atoms with Crippen LogP contribution in [0.4, 0.5) is 5.95 Å². The number of rotatable bonds is 6. The number of H-pyrrole nitrogens is 1. The van der Waals surface area contributed by atoms with Crippen LogP contribution < -0.4 is 5.32 Å². The molecule has 0 atom stereocenters. The van der Waals surface area contributed by atoms with Gasteiger partial charge in [-0.1, -0.05) is 60.7 Å². The van der Waals surface area contributed by atoms with E-state index in [-0.39, 0.29) is 29.4 Å². The number of aromatic nitrogens is 3. The van der Waals surface area contributed by atoms with E-state index in [0.717, 1.165) is 17.4 Å². The highest BCUT2D eigenvalue weighted by Gasteiger charge is 2.20. The van der Waals surface area contributed by atoms with Gasteiger partial charge in [0.2, 0.25) is 26.8 Å². The van der Waals surface area contributed by atoms with Crippen molar-refractivity contribution in [3.8, 4) is 0 Å². The van der Waals surface area contributed by atoms with Crippen LogP contribution in [0.2, 0.25) is 0 Å². The molecule has 0 unspecified atom stereocenters. The molecule has 0 aliphatic rings. The van der Waals surface area contributed by atoms with Crippen LogP contribution in [0.5, 0.6) is 0 Å². The fraction of sp³-hybridized carbons (Fsp3) is 0.167. The molecule has 3 aromatic rings. The summed E-state index contributed by atoms with van der Waals surface area (Å²) in [6.45, 7) is 0. The first-order valence-corrected chi connectivity index (χ1v) is 9.85. The maximum atomic E-state index is 12.5. The van der Waals surface area contributed by atoms with E-state index in [0.29, 0.717) is 0 Å². The van der Waals surface area contributed by atoms with Crippen LogP contribution in [0.15, 0.2) is 65.8 Å². The highest BCUT2D eigenvalue weighted by Crippen LogP contribution is 2.28. The number of aromatic amines is 1. The number of carbonyl (C=O) groups is 1. The van der Waals surface area contributed by atoms with Crippen LogP contribution in [0.1, 0.15) is 23.5 Å². The van der Waals surface area contributed by atoms with Crippen molar-refractivity contribution in [2.24, 2.45) is 0 Å². The van der Waals surface area contributed by atoms with Gasteiger partial charge in [-0.3, -0.25) is 10.1 Å². The third kappa shape index (κ3) is 4.34. The number of amides is 1. The number of nitrogens with one attached hydrogen (secondary N) is 2. The van der Waals surface area contributed by atoms with Gasteiger partial charge in [-0.15, -0.1) is 5.10 Å². The minimum atomic E-state index is -3.51. The van der Waals surface area contributed by atoms with E-state index >= 15 is 0 Å². The molecule has 3 rings (SSSR count). The van der Waals surface area contributed by atoms with Gasteiger partial charge in [0.25, 0.3) is 0 Å². The number of hydrogen-bond donors (Lipinski definition) is 2. The lowest BCUT2D eigenvalue weighted by atomic mass is 9.88. The average Bonchev–Trinajstić information content (AvgIpc) is 3.10. The van der Waals surface area contributed by atoms with Crippen molar-refractivity contribution in [3.63, 3.8) is 0 Å². The molecule has 7 nitrogen and oxygen atoms in total. The van der Waals surface area contributed by atoms with Crippen molar-refractivity contribution in [3.05, 3.63) is 71.8 Å². The zero-order valence-corrected chi connectivity index (χ0v) is 14.9. The molecule has 26 heavy (non-hydrogen) atoms. The summed E-state index contributed by atoms with van der Waals surface area (Å²) in [7, 11) is -3.51. The SMILES string of the molecule is CS(=O)(=O)c1nc(NC(=O)CC(c2ccccc2)c2ccccc2)n[nH]1. The summed E-state index contributed by atoms with van der Waals surface area (Å²) in [5.41, 5.74) is 2.03. The smallest absolute Gasteiger partial charge is 0.249 e. The van der Waals surface area contributed by atoms with Gasteiger partial charge in [0, 0.05) is 18.6 Å². The molecule has 134 valence electrons. The van der Waals surface area contributed by atoms with Crippen LogP contribution in [-0.4, -0.2) is 35.8 Å². The summed E-state index contributed by atoms with van der Waals surface area (Å²) in [5.74, 6) is -0.497. The van der Waals surface area contributed by atoms with E-state index < -0.39 is 9.84 Å². The molecule has 0 aliphatic carbocycles. The summed E-state index contributed by atoms with van der Waals surface area (Å²) in [6.07, 6.45) is 1.19. The number of hydrogen-bond acceptors (Lipinski definition) is 5. The second-order valence-electron chi connectivity index (χ2n) is 5.86. The van der Waals surface area contributed by atoms with Crippen LogP contribution >= 0.6 is 0 Å². The quantitative estimate of drug-likeness (QED) is 0.693. The average molecular weight is 370 g/mol. The van der Waals surface area contributed by atoms with Crippen LogP contribution in [0.3, 0.4) is 0 Å². The Morgan fingerprint density at radius 1 is 1.04 bits per heavy atom. The third-order valence-corrected chi connectivity index (χ3v) is 4.75. The molecular formula is C18H18N4O3S. The summed E-state index contributed by atoms with van der Waals surface area (Å²) in [5, 5.41) is 8.30. The highest BCUT2D eigenvalue weighted by molar-refractivity contribution is 7.90. The van der Waals surface area contributed by atoms with Gasteiger partial charge in [-0.25, -0.2) is 13.5 Å². The first-order valence-electron chi connectivity index (χ1n) is 7.95. The number of benzene rings is 2. The summed E-state index contributed by atoms with van der Waals surface area (Å²) in [4.78, 5) is 16.3. The molecule has 1 amide bonds. The topological polar surface area (TPSA) is 105 Å². The van der Waals surface area contributed by atoms with E-state index in [4.69, 9.17) is 0 Å². The molecule has 0 spiro atoms. The van der Waals surface area contributed by atoms with E-state index in [1.54, 1.807) is 0 Å². The van der Waals surface area contributed by atoms with Gasteiger partial charge in [-0.2, -0.15) is 4.98 Å². The van der Waals surface area contributed by atoms with Crippen molar-refractivity contribution in [1.29, 1.82) is 0 Å². The lowest BCUT2D eigenvalue weighted by Crippen LogP contribution is -2.17. The molecule has 1 aromatic heterocycles. The Labute approximate surface area is 151 Å². The Bertz CT molecular complexity index is 946. The standard InChI is InChI=1S/C18H18N4O3S/c1-26(24,25)18-20-17(21-22-18)19-16(23)12-15(13-8-4-2-5-9-13)14-10-6-3-7-11-14/h2-11,15H,12H2,1H3,(H2,19,20,21,22,23). The Kier molecular flexibility index (Phi) is 5.13. The molecule has 0 saturated heterocycles. The van der Waals surface area contributed by atoms with Gasteiger partial charge in [-0.05, 0) is 11.1 Å². The summed E-state index contributed by atoms with van der Waals surface area (Å²) < 4.78 is 22.9. The molecule has 0 aliphatic heterocycles. The fourth-order valence-corrected chi connectivity index (χ4v) is 3.09. The predicted molar refractivity (Wildman–Crippen MR) is 97.5 cm³/mol. The van der Waals surface area contributed by atoms with Gasteiger partial charge >= 0.3 is 0 Å². The Balaban J connectivity index is 1.79. The van der Waals surface area contributed by atoms with Crippen molar-refractivity contribution in [1.82, 2.24) is 15.2 Å². The van der Waals surface area contributed by atoms with E-state index in [2.05, 4.69) is 20.5 Å². The monoisotopic (exact) mass is 370 g/mol. The van der Waals surface area contributed by atoms with E-state index in [9.17, 15) is 13.2 Å². The predicted octanol–water partition coefficient (Wildman–Crippen LogP) is 2.37. The molecule has 0 fully saturated rings. The summed E-state index contributed by atoms with van der Waals surface area (Å²) in [6, 6.07) is 19.4. The molecular weight excluding hydrogens is 352 g/mol. The molecule has 1 heterocycles. The molecule has 8 heteroatoms. The van der Waals surface area contributed by atoms with E-state index in [1.165, 1.54) is 0 Å². The van der Waals surface area contributed by atoms with Crippen molar-refractivity contribution >= 4 is 21.7 Å². The van der Waals surface area contributed by atoms with Crippen molar-refractivity contribution in [2.75, 3.05) is 11.6 Å². The summed E-state index contributed by atoms with van der Waals surface area (Å²) >= 11 is 0. The normalized spacial score (nSPS) is 11.5. The van der Waals surface area contributed by atoms with Gasteiger partial charge in [0.15, 0.2) is 0 Å². The molecule has 0 saturated carbocycles. The Hall–Kier alpha value is -3.00. The van der Waals surface area contributed by atoms with Crippen LogP contribution in [0.25, 0.3) is 0 Å². The zero-order chi connectivity index (χ0) is 18.6. The highest BCUT2D eigenvalue weighted by atomic mass is 32.2. The van der Waals surface area contributed by atoms with Gasteiger partial charge < -0.3 is 0 Å². The van der Waals surface area contributed by atoms with E-state index in [1.807, 2.05) is 60.7 Å². The second-order valence-corrected chi connectivity index (χ2v) is 7.79. The largest absolute Gasteiger partial charge is 0.293 e. The number of anilines is 1. The minimum absolute atomic E-state index is 0.0599. The number of sulfone groups is 1. The van der Waals surface area contributed by atoms with Gasteiger partial charge in [0.05, 0.1) is 0 Å². The number of nitrogens with zero attached hydrogens (tertiary/aromatic N) is 2. The maximum Gasteiger partial charge on any atom is 0.249 e. The number of carbonyl (C=O) groups excluding carboxylic acids is 1. The fourth-order valence-electron chi connectivity index (χ4n) is 2.63. The Morgan fingerprint density at radius 3 is 2.04 bits per heavy atom. The molecule has 2 N–H and O–H groups in total. The lowest BCUT2D eigenvalue weighted by Gasteiger charge is -2.17. The zero-order valence-electron chi connectivity index (χ0n) is 14.1. The van der Waals surface area contributed by atoms with Gasteiger partial charge in [0.1, 0.15) is 0 Å².